The largest absolute Gasteiger partial charge is 0.497 e. The van der Waals surface area contributed by atoms with E-state index >= 15 is 0 Å². The number of ether oxygens (including phenoxy) is 1. The molecular formula is C31H39N7O4. The number of likely N-dealkylation sites (tertiary alicyclic amines) is 2. The number of nitrogens with zero attached hydrogens (tertiary/aromatic N) is 5. The highest BCUT2D eigenvalue weighted by Gasteiger charge is 2.44. The molecule has 3 fully saturated rings. The van der Waals surface area contributed by atoms with E-state index in [-0.39, 0.29) is 29.6 Å². The predicted octanol–water partition coefficient (Wildman–Crippen LogP) is 1.65. The lowest BCUT2D eigenvalue weighted by Gasteiger charge is -2.27. The Bertz CT molecular complexity index is 1450. The van der Waals surface area contributed by atoms with Crippen LogP contribution in [0.2, 0.25) is 0 Å². The molecule has 11 heteroatoms. The Balaban J connectivity index is 1.14. The van der Waals surface area contributed by atoms with E-state index in [0.717, 1.165) is 60.3 Å². The summed E-state index contributed by atoms with van der Waals surface area (Å²) in [6.45, 7) is 2.94. The van der Waals surface area contributed by atoms with Gasteiger partial charge in [0.1, 0.15) is 17.3 Å². The maximum absolute atomic E-state index is 13.9. The summed E-state index contributed by atoms with van der Waals surface area (Å²) in [5.74, 6) is 0.621. The van der Waals surface area contributed by atoms with Crippen LogP contribution in [-0.4, -0.2) is 87.9 Å². The van der Waals surface area contributed by atoms with Gasteiger partial charge in [0, 0.05) is 39.8 Å². The summed E-state index contributed by atoms with van der Waals surface area (Å²) in [4.78, 5) is 44.2. The number of aryl methyl sites for hydroxylation is 1. The maximum atomic E-state index is 13.9. The van der Waals surface area contributed by atoms with Crippen molar-refractivity contribution in [3.05, 3.63) is 53.6 Å². The van der Waals surface area contributed by atoms with Gasteiger partial charge in [-0.25, -0.2) is 4.68 Å². The number of fused-ring (bicyclic) bond motifs is 1. The fourth-order valence-corrected chi connectivity index (χ4v) is 6.67. The second-order valence-corrected chi connectivity index (χ2v) is 11.8. The summed E-state index contributed by atoms with van der Waals surface area (Å²) in [6.07, 6.45) is 3.90. The number of amides is 3. The zero-order valence-corrected chi connectivity index (χ0v) is 24.3. The number of methoxy groups -OCH3 is 1. The molecule has 0 bridgehead atoms. The summed E-state index contributed by atoms with van der Waals surface area (Å²) < 4.78 is 7.00. The summed E-state index contributed by atoms with van der Waals surface area (Å²) >= 11 is 0. The average Bonchev–Trinajstić information content (AvgIpc) is 3.83. The van der Waals surface area contributed by atoms with Crippen molar-refractivity contribution in [3.8, 4) is 5.75 Å². The Morgan fingerprint density at radius 3 is 2.55 bits per heavy atom. The first-order valence-corrected chi connectivity index (χ1v) is 14.9. The third-order valence-corrected chi connectivity index (χ3v) is 8.99. The molecule has 2 N–H and O–H groups in total. The summed E-state index contributed by atoms with van der Waals surface area (Å²) in [5, 5.41) is 14.6. The van der Waals surface area contributed by atoms with Crippen molar-refractivity contribution in [1.29, 1.82) is 0 Å². The number of aromatic nitrogens is 3. The molecule has 1 aromatic heterocycles. The van der Waals surface area contributed by atoms with Crippen molar-refractivity contribution >= 4 is 28.8 Å². The monoisotopic (exact) mass is 573 g/mol. The normalized spacial score (nSPS) is 24.0. The predicted molar refractivity (Wildman–Crippen MR) is 156 cm³/mol. The average molecular weight is 574 g/mol. The first kappa shape index (κ1) is 28.1. The van der Waals surface area contributed by atoms with Crippen LogP contribution in [-0.2, 0) is 34.4 Å². The third-order valence-electron chi connectivity index (χ3n) is 8.99. The van der Waals surface area contributed by atoms with E-state index in [2.05, 4.69) is 20.9 Å². The lowest BCUT2D eigenvalue weighted by Crippen LogP contribution is -2.51. The fourth-order valence-electron chi connectivity index (χ4n) is 6.67. The van der Waals surface area contributed by atoms with E-state index in [1.807, 2.05) is 54.4 Å². The van der Waals surface area contributed by atoms with Crippen molar-refractivity contribution < 1.29 is 19.1 Å². The number of nitrogens with one attached hydrogen (secondary N) is 2. The molecule has 3 saturated heterocycles. The summed E-state index contributed by atoms with van der Waals surface area (Å²) in [6, 6.07) is 12.7. The SMILES string of the molecule is COc1ccc(C[C@@H]2C[C@@H](C(=O)NCc3ccc4c(c3)nnn4C)N(C(=O)[C@H]3C[C@@H](C(=O)N4CCCC4)CN3)C2)cc1. The van der Waals surface area contributed by atoms with E-state index in [0.29, 0.717) is 32.5 Å². The molecule has 3 amide bonds. The van der Waals surface area contributed by atoms with E-state index in [1.165, 1.54) is 0 Å². The van der Waals surface area contributed by atoms with Crippen LogP contribution in [0.5, 0.6) is 5.75 Å². The van der Waals surface area contributed by atoms with Crippen molar-refractivity contribution in [2.45, 2.75) is 50.7 Å². The van der Waals surface area contributed by atoms with Crippen molar-refractivity contribution in [2.75, 3.05) is 33.3 Å². The van der Waals surface area contributed by atoms with Gasteiger partial charge < -0.3 is 25.2 Å². The summed E-state index contributed by atoms with van der Waals surface area (Å²) in [7, 11) is 3.48. The lowest BCUT2D eigenvalue weighted by atomic mass is 9.96. The Morgan fingerprint density at radius 2 is 1.79 bits per heavy atom. The van der Waals surface area contributed by atoms with Crippen molar-refractivity contribution in [2.24, 2.45) is 18.9 Å². The number of benzene rings is 2. The van der Waals surface area contributed by atoms with Gasteiger partial charge in [-0.15, -0.1) is 5.10 Å². The van der Waals surface area contributed by atoms with E-state index < -0.39 is 12.1 Å². The van der Waals surface area contributed by atoms with Crippen LogP contribution in [0.4, 0.5) is 0 Å². The molecule has 0 aliphatic carbocycles. The molecule has 222 valence electrons. The van der Waals surface area contributed by atoms with Crippen LogP contribution in [0.15, 0.2) is 42.5 Å². The molecule has 4 atom stereocenters. The van der Waals surface area contributed by atoms with Gasteiger partial charge in [-0.2, -0.15) is 0 Å². The molecule has 0 radical (unpaired) electrons. The zero-order valence-electron chi connectivity index (χ0n) is 24.3. The Labute approximate surface area is 245 Å². The molecule has 6 rings (SSSR count). The molecule has 4 heterocycles. The van der Waals surface area contributed by atoms with Crippen LogP contribution in [0.25, 0.3) is 11.0 Å². The van der Waals surface area contributed by atoms with Gasteiger partial charge in [0.05, 0.1) is 24.6 Å². The van der Waals surface area contributed by atoms with Crippen LogP contribution in [0.3, 0.4) is 0 Å². The minimum absolute atomic E-state index is 0.0925. The Hall–Kier alpha value is -3.99. The highest BCUT2D eigenvalue weighted by atomic mass is 16.5. The minimum atomic E-state index is -0.573. The first-order chi connectivity index (χ1) is 20.4. The zero-order chi connectivity index (χ0) is 29.2. The molecule has 0 spiro atoms. The molecular weight excluding hydrogens is 534 g/mol. The second-order valence-electron chi connectivity index (χ2n) is 11.8. The van der Waals surface area contributed by atoms with Gasteiger partial charge in [0.15, 0.2) is 0 Å². The standard InChI is InChI=1S/C31H39N7O4/c1-36-27-10-7-21(14-25(27)34-35-36)17-33-29(39)28-15-22(13-20-5-8-24(42-2)9-6-20)19-38(28)31(41)26-16-23(18-32-26)30(40)37-11-3-4-12-37/h5-10,14,22-23,26,28,32H,3-4,11-13,15-19H2,1-2H3,(H,33,39)/t22-,23-,26-,28+/m1/s1. The number of carbonyl (C=O) groups excluding carboxylic acids is 3. The van der Waals surface area contributed by atoms with E-state index in [9.17, 15) is 14.4 Å². The second kappa shape index (κ2) is 12.1. The minimum Gasteiger partial charge on any atom is -0.497 e. The van der Waals surface area contributed by atoms with Gasteiger partial charge in [-0.1, -0.05) is 23.4 Å². The lowest BCUT2D eigenvalue weighted by molar-refractivity contribution is -0.140. The van der Waals surface area contributed by atoms with Crippen LogP contribution >= 0.6 is 0 Å². The topological polar surface area (TPSA) is 122 Å². The first-order valence-electron chi connectivity index (χ1n) is 14.9. The molecule has 3 aromatic rings. The number of hydrogen-bond donors (Lipinski definition) is 2. The molecule has 11 nitrogen and oxygen atoms in total. The molecule has 0 unspecified atom stereocenters. The van der Waals surface area contributed by atoms with Gasteiger partial charge in [-0.3, -0.25) is 14.4 Å². The van der Waals surface area contributed by atoms with E-state index in [1.54, 1.807) is 16.7 Å². The molecule has 2 aromatic carbocycles. The highest BCUT2D eigenvalue weighted by Crippen LogP contribution is 2.30. The summed E-state index contributed by atoms with van der Waals surface area (Å²) in [5.41, 5.74) is 3.75. The molecule has 0 saturated carbocycles. The number of carbonyl (C=O) groups is 3. The number of hydrogen-bond acceptors (Lipinski definition) is 7. The third kappa shape index (κ3) is 5.83. The highest BCUT2D eigenvalue weighted by molar-refractivity contribution is 5.91. The smallest absolute Gasteiger partial charge is 0.243 e. The van der Waals surface area contributed by atoms with Gasteiger partial charge in [-0.05, 0) is 73.4 Å². The van der Waals surface area contributed by atoms with Gasteiger partial charge >= 0.3 is 0 Å². The Morgan fingerprint density at radius 1 is 1.02 bits per heavy atom. The van der Waals surface area contributed by atoms with Crippen LogP contribution in [0, 0.1) is 11.8 Å². The fraction of sp³-hybridized carbons (Fsp3) is 0.516. The van der Waals surface area contributed by atoms with Crippen LogP contribution < -0.4 is 15.4 Å². The van der Waals surface area contributed by atoms with Crippen molar-refractivity contribution in [3.63, 3.8) is 0 Å². The molecule has 3 aliphatic rings. The number of rotatable bonds is 8. The van der Waals surface area contributed by atoms with Crippen molar-refractivity contribution in [1.82, 2.24) is 35.4 Å². The molecule has 3 aliphatic heterocycles. The molecule has 42 heavy (non-hydrogen) atoms. The van der Waals surface area contributed by atoms with Gasteiger partial charge in [0.25, 0.3) is 0 Å². The van der Waals surface area contributed by atoms with Crippen LogP contribution in [0.1, 0.15) is 36.8 Å². The Kier molecular flexibility index (Phi) is 8.10. The quantitative estimate of drug-likeness (QED) is 0.420. The maximum Gasteiger partial charge on any atom is 0.243 e. The van der Waals surface area contributed by atoms with E-state index in [4.69, 9.17) is 4.74 Å². The van der Waals surface area contributed by atoms with Gasteiger partial charge in [0.2, 0.25) is 17.7 Å².